The minimum atomic E-state index is -3.95. The highest BCUT2D eigenvalue weighted by atomic mass is 35.5. The topological polar surface area (TPSA) is 128 Å². The molecule has 3 amide bonds. The Morgan fingerprint density at radius 1 is 1.21 bits per heavy atom. The number of urea groups is 1. The number of likely N-dealkylation sites (N-methyl/N-ethyl adjacent to an activating group) is 1. The minimum Gasteiger partial charge on any atom is -0.487 e. The summed E-state index contributed by atoms with van der Waals surface area (Å²) in [5.74, 6) is -0.322. The lowest BCUT2D eigenvalue weighted by atomic mass is 9.99. The van der Waals surface area contributed by atoms with Crippen LogP contribution in [-0.4, -0.2) is 80.2 Å². The second-order valence-electron chi connectivity index (χ2n) is 9.88. The first-order valence-corrected chi connectivity index (χ1v) is 14.2. The van der Waals surface area contributed by atoms with Gasteiger partial charge in [0.05, 0.1) is 29.7 Å². The van der Waals surface area contributed by atoms with Gasteiger partial charge in [-0.2, -0.15) is 0 Å². The zero-order chi connectivity index (χ0) is 28.2. The van der Waals surface area contributed by atoms with Gasteiger partial charge in [-0.25, -0.2) is 13.2 Å². The molecule has 0 bridgehead atoms. The summed E-state index contributed by atoms with van der Waals surface area (Å²) in [6, 6.07) is 9.41. The lowest BCUT2D eigenvalue weighted by Crippen LogP contribution is -2.51. The number of anilines is 1. The SMILES string of the molecule is CC(C)NC(=O)N(C)C[C@H]1Oc2ccc(NS(=O)(=O)c3ccc(Cl)cc3)cc2C(=O)N([C@@H](C)CO)C[C@H]1C. The molecule has 1 aliphatic heterocycles. The number of sulfonamides is 1. The molecule has 12 heteroatoms. The maximum absolute atomic E-state index is 13.6. The molecule has 0 aromatic heterocycles. The van der Waals surface area contributed by atoms with Crippen LogP contribution in [0.4, 0.5) is 10.5 Å². The number of rotatable bonds is 8. The van der Waals surface area contributed by atoms with Crippen molar-refractivity contribution in [3.63, 3.8) is 0 Å². The van der Waals surface area contributed by atoms with Gasteiger partial charge in [0, 0.05) is 36.3 Å². The molecule has 1 heterocycles. The average molecular weight is 567 g/mol. The van der Waals surface area contributed by atoms with E-state index in [1.807, 2.05) is 20.8 Å². The van der Waals surface area contributed by atoms with E-state index in [9.17, 15) is 23.1 Å². The summed E-state index contributed by atoms with van der Waals surface area (Å²) in [6.07, 6.45) is -0.477. The molecule has 3 atom stereocenters. The number of carbonyl (C=O) groups is 2. The Balaban J connectivity index is 1.96. The first-order valence-electron chi connectivity index (χ1n) is 12.3. The number of carbonyl (C=O) groups excluding carboxylic acids is 2. The highest BCUT2D eigenvalue weighted by molar-refractivity contribution is 7.92. The van der Waals surface area contributed by atoms with Crippen molar-refractivity contribution in [1.82, 2.24) is 15.1 Å². The number of aliphatic hydroxyl groups excluding tert-OH is 1. The summed E-state index contributed by atoms with van der Waals surface area (Å²) in [6.45, 7) is 7.66. The summed E-state index contributed by atoms with van der Waals surface area (Å²) in [5.41, 5.74) is 0.318. The monoisotopic (exact) mass is 566 g/mol. The van der Waals surface area contributed by atoms with Crippen LogP contribution in [0.15, 0.2) is 47.4 Å². The molecule has 1 aliphatic rings. The molecule has 0 saturated carbocycles. The third-order valence-corrected chi connectivity index (χ3v) is 7.90. The van der Waals surface area contributed by atoms with Crippen LogP contribution in [-0.2, 0) is 10.0 Å². The van der Waals surface area contributed by atoms with Crippen LogP contribution in [0.5, 0.6) is 5.75 Å². The molecule has 2 aromatic carbocycles. The number of benzene rings is 2. The molecule has 38 heavy (non-hydrogen) atoms. The van der Waals surface area contributed by atoms with Crippen molar-refractivity contribution < 1.29 is 27.9 Å². The summed E-state index contributed by atoms with van der Waals surface area (Å²) >= 11 is 5.88. The lowest BCUT2D eigenvalue weighted by Gasteiger charge is -2.38. The third kappa shape index (κ3) is 7.09. The average Bonchev–Trinajstić information content (AvgIpc) is 2.85. The molecule has 0 spiro atoms. The number of nitrogens with zero attached hydrogens (tertiary/aromatic N) is 2. The van der Waals surface area contributed by atoms with Gasteiger partial charge < -0.3 is 25.0 Å². The zero-order valence-corrected chi connectivity index (χ0v) is 23.7. The van der Waals surface area contributed by atoms with Crippen molar-refractivity contribution in [2.45, 2.75) is 50.8 Å². The van der Waals surface area contributed by atoms with E-state index in [0.29, 0.717) is 5.02 Å². The van der Waals surface area contributed by atoms with Crippen LogP contribution in [0.1, 0.15) is 38.1 Å². The molecule has 0 fully saturated rings. The number of hydrogen-bond donors (Lipinski definition) is 3. The first-order chi connectivity index (χ1) is 17.8. The zero-order valence-electron chi connectivity index (χ0n) is 22.1. The molecular weight excluding hydrogens is 532 g/mol. The van der Waals surface area contributed by atoms with Crippen LogP contribution in [0.2, 0.25) is 5.02 Å². The predicted octanol–water partition coefficient (Wildman–Crippen LogP) is 3.41. The van der Waals surface area contributed by atoms with Gasteiger partial charge in [0.15, 0.2) is 0 Å². The molecule has 2 aromatic rings. The van der Waals surface area contributed by atoms with Gasteiger partial charge in [-0.15, -0.1) is 0 Å². The van der Waals surface area contributed by atoms with Gasteiger partial charge in [0.2, 0.25) is 0 Å². The van der Waals surface area contributed by atoms with Gasteiger partial charge >= 0.3 is 6.03 Å². The molecule has 3 rings (SSSR count). The molecule has 0 saturated heterocycles. The number of hydrogen-bond acceptors (Lipinski definition) is 6. The Kier molecular flexibility index (Phi) is 9.50. The Hall–Kier alpha value is -3.02. The smallest absolute Gasteiger partial charge is 0.317 e. The quantitative estimate of drug-likeness (QED) is 0.449. The molecule has 0 aliphatic carbocycles. The fraction of sp³-hybridized carbons (Fsp3) is 0.462. The van der Waals surface area contributed by atoms with Crippen molar-refractivity contribution >= 4 is 39.2 Å². The highest BCUT2D eigenvalue weighted by Gasteiger charge is 2.34. The van der Waals surface area contributed by atoms with E-state index in [-0.39, 0.29) is 59.6 Å². The number of fused-ring (bicyclic) bond motifs is 1. The van der Waals surface area contributed by atoms with E-state index in [0.717, 1.165) is 0 Å². The third-order valence-electron chi connectivity index (χ3n) is 6.25. The summed E-state index contributed by atoms with van der Waals surface area (Å²) in [4.78, 5) is 29.2. The molecule has 0 unspecified atom stereocenters. The second-order valence-corrected chi connectivity index (χ2v) is 12.0. The van der Waals surface area contributed by atoms with Gasteiger partial charge in [-0.1, -0.05) is 18.5 Å². The first kappa shape index (κ1) is 29.5. The van der Waals surface area contributed by atoms with Crippen molar-refractivity contribution in [2.24, 2.45) is 5.92 Å². The van der Waals surface area contributed by atoms with Crippen LogP contribution in [0, 0.1) is 5.92 Å². The molecule has 3 N–H and O–H groups in total. The predicted molar refractivity (Wildman–Crippen MR) is 146 cm³/mol. The van der Waals surface area contributed by atoms with Gasteiger partial charge in [-0.3, -0.25) is 9.52 Å². The van der Waals surface area contributed by atoms with Crippen molar-refractivity contribution in [3.8, 4) is 5.75 Å². The number of amides is 3. The fourth-order valence-corrected chi connectivity index (χ4v) is 5.22. The molecule has 208 valence electrons. The van der Waals surface area contributed by atoms with E-state index >= 15 is 0 Å². The Morgan fingerprint density at radius 3 is 2.47 bits per heavy atom. The van der Waals surface area contributed by atoms with E-state index < -0.39 is 28.1 Å². The summed E-state index contributed by atoms with van der Waals surface area (Å²) in [5, 5.41) is 13.1. The highest BCUT2D eigenvalue weighted by Crippen LogP contribution is 2.31. The summed E-state index contributed by atoms with van der Waals surface area (Å²) < 4.78 is 34.6. The number of ether oxygens (including phenoxy) is 1. The van der Waals surface area contributed by atoms with Gasteiger partial charge in [0.25, 0.3) is 15.9 Å². The Morgan fingerprint density at radius 2 is 1.87 bits per heavy atom. The minimum absolute atomic E-state index is 0.0170. The maximum atomic E-state index is 13.6. The van der Waals surface area contributed by atoms with Crippen molar-refractivity contribution in [1.29, 1.82) is 0 Å². The number of halogens is 1. The summed E-state index contributed by atoms with van der Waals surface area (Å²) in [7, 11) is -2.28. The van der Waals surface area contributed by atoms with E-state index in [2.05, 4.69) is 10.0 Å². The molecule has 10 nitrogen and oxygen atoms in total. The fourth-order valence-electron chi connectivity index (χ4n) is 4.04. The number of nitrogens with one attached hydrogen (secondary N) is 2. The molecule has 0 radical (unpaired) electrons. The standard InChI is InChI=1S/C26H35ClN4O6S/c1-16(2)28-26(34)30(5)14-24-17(3)13-31(18(4)15-32)25(33)22-12-20(8-11-23(22)37-24)29-38(35,36)21-9-6-19(27)7-10-21/h6-12,16-18,24,29,32H,13-15H2,1-5H3,(H,28,34)/t17-,18+,24-/m1/s1. The van der Waals surface area contributed by atoms with Crippen LogP contribution >= 0.6 is 11.6 Å². The van der Waals surface area contributed by atoms with Crippen molar-refractivity contribution in [3.05, 3.63) is 53.1 Å². The number of aliphatic hydroxyl groups is 1. The lowest BCUT2D eigenvalue weighted by molar-refractivity contribution is 0.0366. The van der Waals surface area contributed by atoms with Crippen LogP contribution in [0.3, 0.4) is 0 Å². The second kappa shape index (κ2) is 12.2. The molecular formula is C26H35ClN4O6S. The largest absolute Gasteiger partial charge is 0.487 e. The Bertz CT molecular complexity index is 1250. The van der Waals surface area contributed by atoms with Crippen LogP contribution in [0.25, 0.3) is 0 Å². The maximum Gasteiger partial charge on any atom is 0.317 e. The van der Waals surface area contributed by atoms with E-state index in [1.165, 1.54) is 47.4 Å². The van der Waals surface area contributed by atoms with Crippen LogP contribution < -0.4 is 14.8 Å². The van der Waals surface area contributed by atoms with Gasteiger partial charge in [-0.05, 0) is 63.2 Å². The van der Waals surface area contributed by atoms with Gasteiger partial charge in [0.1, 0.15) is 11.9 Å². The van der Waals surface area contributed by atoms with E-state index in [1.54, 1.807) is 18.9 Å². The van der Waals surface area contributed by atoms with E-state index in [4.69, 9.17) is 16.3 Å². The normalized spacial score (nSPS) is 18.6. The Labute approximate surface area is 229 Å². The van der Waals surface area contributed by atoms with Crippen molar-refractivity contribution in [2.75, 3.05) is 31.5 Å².